The molecule has 0 N–H and O–H groups in total. The fourth-order valence-corrected chi connectivity index (χ4v) is 2.91. The van der Waals surface area contributed by atoms with Crippen molar-refractivity contribution in [1.82, 2.24) is 0 Å². The molecule has 3 unspecified atom stereocenters. The van der Waals surface area contributed by atoms with Crippen LogP contribution in [0.25, 0.3) is 0 Å². The summed E-state index contributed by atoms with van der Waals surface area (Å²) >= 11 is 0. The Morgan fingerprint density at radius 3 is 2.00 bits per heavy atom. The van der Waals surface area contributed by atoms with Crippen molar-refractivity contribution in [2.75, 3.05) is 0 Å². The smallest absolute Gasteiger partial charge is 0.0229 e. The second kappa shape index (κ2) is 7.96. The van der Waals surface area contributed by atoms with Crippen molar-refractivity contribution >= 4 is 0 Å². The molecule has 0 saturated carbocycles. The molecule has 15 heavy (non-hydrogen) atoms. The molecule has 0 fully saturated rings. The van der Waals surface area contributed by atoms with Gasteiger partial charge in [-0.2, -0.15) is 0 Å². The van der Waals surface area contributed by atoms with Crippen molar-refractivity contribution in [3.8, 4) is 0 Å². The Labute approximate surface area is 97.2 Å². The summed E-state index contributed by atoms with van der Waals surface area (Å²) < 4.78 is 0. The van der Waals surface area contributed by atoms with Crippen LogP contribution < -0.4 is 0 Å². The Bertz CT molecular complexity index is 167. The van der Waals surface area contributed by atoms with Crippen molar-refractivity contribution in [3.63, 3.8) is 0 Å². The number of allylic oxidation sites excluding steroid dienone is 2. The van der Waals surface area contributed by atoms with Gasteiger partial charge in [0, 0.05) is 0 Å². The predicted molar refractivity (Wildman–Crippen MR) is 71.0 cm³/mol. The minimum absolute atomic E-state index is 0.728. The van der Waals surface area contributed by atoms with Gasteiger partial charge < -0.3 is 0 Å². The molecule has 0 aliphatic carbocycles. The molecule has 0 aromatic heterocycles. The standard InChI is InChI=1S/C15H30/c1-7-9-11-14(6)15(12(3)4)13(5)10-8-2/h9,11-15H,7-8,10H2,1-6H3. The van der Waals surface area contributed by atoms with Crippen LogP contribution in [0.5, 0.6) is 0 Å². The van der Waals surface area contributed by atoms with Gasteiger partial charge in [-0.25, -0.2) is 0 Å². The zero-order valence-electron chi connectivity index (χ0n) is 11.6. The summed E-state index contributed by atoms with van der Waals surface area (Å²) in [6, 6.07) is 0. The molecule has 0 nitrogen and oxygen atoms in total. The maximum atomic E-state index is 2.42. The quantitative estimate of drug-likeness (QED) is 0.500. The Kier molecular flexibility index (Phi) is 7.82. The van der Waals surface area contributed by atoms with E-state index in [9.17, 15) is 0 Å². The minimum atomic E-state index is 0.728. The van der Waals surface area contributed by atoms with E-state index in [0.717, 1.165) is 30.1 Å². The highest BCUT2D eigenvalue weighted by molar-refractivity contribution is 4.91. The van der Waals surface area contributed by atoms with E-state index in [1.54, 1.807) is 0 Å². The van der Waals surface area contributed by atoms with Crippen LogP contribution >= 0.6 is 0 Å². The van der Waals surface area contributed by atoms with E-state index in [-0.39, 0.29) is 0 Å². The second-order valence-electron chi connectivity index (χ2n) is 5.28. The van der Waals surface area contributed by atoms with E-state index in [1.807, 2.05) is 0 Å². The molecule has 0 amide bonds. The van der Waals surface area contributed by atoms with Crippen molar-refractivity contribution < 1.29 is 0 Å². The molecule has 0 aromatic rings. The largest absolute Gasteiger partial charge is 0.0885 e. The second-order valence-corrected chi connectivity index (χ2v) is 5.28. The molecule has 0 aliphatic heterocycles. The highest BCUT2D eigenvalue weighted by Crippen LogP contribution is 2.32. The Morgan fingerprint density at radius 1 is 1.00 bits per heavy atom. The lowest BCUT2D eigenvalue weighted by molar-refractivity contribution is 0.205. The van der Waals surface area contributed by atoms with Crippen LogP contribution in [0.4, 0.5) is 0 Å². The first-order valence-corrected chi connectivity index (χ1v) is 6.71. The van der Waals surface area contributed by atoms with Gasteiger partial charge in [-0.05, 0) is 30.1 Å². The summed E-state index contributed by atoms with van der Waals surface area (Å²) in [5.41, 5.74) is 0. The van der Waals surface area contributed by atoms with E-state index < -0.39 is 0 Å². The topological polar surface area (TPSA) is 0 Å². The summed E-state index contributed by atoms with van der Waals surface area (Å²) in [7, 11) is 0. The van der Waals surface area contributed by atoms with Gasteiger partial charge in [-0.3, -0.25) is 0 Å². The Balaban J connectivity index is 4.43. The van der Waals surface area contributed by atoms with E-state index in [1.165, 1.54) is 12.8 Å². The normalized spacial score (nSPS) is 18.3. The summed E-state index contributed by atoms with van der Waals surface area (Å²) in [5, 5.41) is 0. The molecule has 90 valence electrons. The lowest BCUT2D eigenvalue weighted by Gasteiger charge is -2.31. The highest BCUT2D eigenvalue weighted by atomic mass is 14.3. The van der Waals surface area contributed by atoms with Crippen LogP contribution in [0.3, 0.4) is 0 Å². The minimum Gasteiger partial charge on any atom is -0.0885 e. The molecular weight excluding hydrogens is 180 g/mol. The van der Waals surface area contributed by atoms with Gasteiger partial charge in [0.15, 0.2) is 0 Å². The fourth-order valence-electron chi connectivity index (χ4n) is 2.91. The molecule has 0 aliphatic rings. The summed E-state index contributed by atoms with van der Waals surface area (Å²) in [6.07, 6.45) is 8.58. The summed E-state index contributed by atoms with van der Waals surface area (Å²) in [4.78, 5) is 0. The van der Waals surface area contributed by atoms with Gasteiger partial charge in [0.05, 0.1) is 0 Å². The maximum Gasteiger partial charge on any atom is -0.0229 e. The van der Waals surface area contributed by atoms with Gasteiger partial charge in [-0.1, -0.05) is 66.5 Å². The fraction of sp³-hybridized carbons (Fsp3) is 0.867. The number of hydrogen-bond donors (Lipinski definition) is 0. The van der Waals surface area contributed by atoms with Crippen LogP contribution in [0.15, 0.2) is 12.2 Å². The monoisotopic (exact) mass is 210 g/mol. The zero-order valence-corrected chi connectivity index (χ0v) is 11.6. The zero-order chi connectivity index (χ0) is 11.8. The van der Waals surface area contributed by atoms with Crippen LogP contribution in [0.1, 0.15) is 60.8 Å². The molecule has 0 saturated heterocycles. The third-order valence-electron chi connectivity index (χ3n) is 3.45. The molecule has 0 radical (unpaired) electrons. The molecule has 0 aromatic carbocycles. The van der Waals surface area contributed by atoms with Crippen molar-refractivity contribution in [1.29, 1.82) is 0 Å². The molecule has 0 heteroatoms. The van der Waals surface area contributed by atoms with Crippen LogP contribution in [-0.4, -0.2) is 0 Å². The molecule has 3 atom stereocenters. The average molecular weight is 210 g/mol. The predicted octanol–water partition coefficient (Wildman–Crippen LogP) is 5.30. The molecular formula is C15H30. The van der Waals surface area contributed by atoms with Gasteiger partial charge >= 0.3 is 0 Å². The van der Waals surface area contributed by atoms with E-state index in [0.29, 0.717) is 0 Å². The SMILES string of the molecule is CCC=CC(C)C(C(C)C)C(C)CCC. The van der Waals surface area contributed by atoms with Crippen molar-refractivity contribution in [2.45, 2.75) is 60.8 Å². The lowest BCUT2D eigenvalue weighted by Crippen LogP contribution is -2.24. The van der Waals surface area contributed by atoms with Crippen molar-refractivity contribution in [3.05, 3.63) is 12.2 Å². The first kappa shape index (κ1) is 14.7. The first-order chi connectivity index (χ1) is 7.04. The van der Waals surface area contributed by atoms with Crippen molar-refractivity contribution in [2.24, 2.45) is 23.7 Å². The van der Waals surface area contributed by atoms with Crippen LogP contribution in [-0.2, 0) is 0 Å². The van der Waals surface area contributed by atoms with Crippen LogP contribution in [0, 0.1) is 23.7 Å². The number of rotatable bonds is 7. The maximum absolute atomic E-state index is 2.42. The molecule has 0 spiro atoms. The third kappa shape index (κ3) is 5.39. The van der Waals surface area contributed by atoms with E-state index in [4.69, 9.17) is 0 Å². The van der Waals surface area contributed by atoms with Gasteiger partial charge in [-0.15, -0.1) is 0 Å². The third-order valence-corrected chi connectivity index (χ3v) is 3.45. The Hall–Kier alpha value is -0.260. The molecule has 0 rings (SSSR count). The first-order valence-electron chi connectivity index (χ1n) is 6.71. The lowest BCUT2D eigenvalue weighted by atomic mass is 9.74. The number of hydrogen-bond acceptors (Lipinski definition) is 0. The Morgan fingerprint density at radius 2 is 1.60 bits per heavy atom. The van der Waals surface area contributed by atoms with Gasteiger partial charge in [0.2, 0.25) is 0 Å². The van der Waals surface area contributed by atoms with Gasteiger partial charge in [0.1, 0.15) is 0 Å². The highest BCUT2D eigenvalue weighted by Gasteiger charge is 2.24. The van der Waals surface area contributed by atoms with Crippen LogP contribution in [0.2, 0.25) is 0 Å². The summed E-state index contributed by atoms with van der Waals surface area (Å²) in [5.74, 6) is 3.22. The van der Waals surface area contributed by atoms with E-state index in [2.05, 4.69) is 53.7 Å². The van der Waals surface area contributed by atoms with E-state index >= 15 is 0 Å². The summed E-state index contributed by atoms with van der Waals surface area (Å²) in [6.45, 7) is 14.0. The average Bonchev–Trinajstić information content (AvgIpc) is 2.14. The molecule has 0 bridgehead atoms. The molecule has 0 heterocycles. The van der Waals surface area contributed by atoms with Gasteiger partial charge in [0.25, 0.3) is 0 Å².